The van der Waals surface area contributed by atoms with Crippen LogP contribution in [0.5, 0.6) is 0 Å². The second-order valence-electron chi connectivity index (χ2n) is 9.04. The smallest absolute Gasteiger partial charge is 0.305 e. The van der Waals surface area contributed by atoms with Crippen molar-refractivity contribution < 1.29 is 19.1 Å². The number of ether oxygens (including phenoxy) is 2. The molecule has 0 atom stereocenters. The Labute approximate surface area is 221 Å². The highest BCUT2D eigenvalue weighted by Gasteiger charge is 2.02. The van der Waals surface area contributed by atoms with E-state index in [0.29, 0.717) is 26.1 Å². The first-order chi connectivity index (χ1) is 16.2. The molecule has 0 heterocycles. The monoisotopic (exact) mass is 596 g/mol. The molecule has 0 aromatic heterocycles. The van der Waals surface area contributed by atoms with Gasteiger partial charge in [0.05, 0.1) is 13.2 Å². The van der Waals surface area contributed by atoms with Crippen LogP contribution in [0.15, 0.2) is 0 Å². The number of halogens is 2. The van der Waals surface area contributed by atoms with Gasteiger partial charge in [0.25, 0.3) is 0 Å². The molecule has 0 amide bonds. The third kappa shape index (κ3) is 28.0. The molecule has 0 spiro atoms. The molecule has 0 fully saturated rings. The van der Waals surface area contributed by atoms with E-state index in [2.05, 4.69) is 31.9 Å². The Bertz CT molecular complexity index is 394. The average molecular weight is 599 g/mol. The fourth-order valence-electron chi connectivity index (χ4n) is 3.79. The average Bonchev–Trinajstić information content (AvgIpc) is 2.82. The second kappa shape index (κ2) is 28.1. The van der Waals surface area contributed by atoms with Crippen molar-refractivity contribution in [3.8, 4) is 0 Å². The van der Waals surface area contributed by atoms with Gasteiger partial charge in [0, 0.05) is 23.5 Å². The highest BCUT2D eigenvalue weighted by molar-refractivity contribution is 9.09. The molecule has 0 saturated heterocycles. The maximum Gasteiger partial charge on any atom is 0.305 e. The summed E-state index contributed by atoms with van der Waals surface area (Å²) in [5, 5.41) is 1.73. The summed E-state index contributed by atoms with van der Waals surface area (Å²) in [6.45, 7) is 1.19. The van der Waals surface area contributed by atoms with Crippen LogP contribution >= 0.6 is 31.9 Å². The van der Waals surface area contributed by atoms with E-state index in [1.807, 2.05) is 0 Å². The van der Waals surface area contributed by atoms with E-state index < -0.39 is 0 Å². The molecule has 0 N–H and O–H groups in total. The van der Waals surface area contributed by atoms with E-state index in [1.54, 1.807) is 0 Å². The van der Waals surface area contributed by atoms with Crippen LogP contribution in [-0.4, -0.2) is 35.8 Å². The first kappa shape index (κ1) is 32.9. The molecule has 196 valence electrons. The largest absolute Gasteiger partial charge is 0.466 e. The minimum atomic E-state index is -0.0534. The zero-order chi connectivity index (χ0) is 24.2. The van der Waals surface area contributed by atoms with E-state index in [4.69, 9.17) is 9.47 Å². The van der Waals surface area contributed by atoms with E-state index >= 15 is 0 Å². The highest BCUT2D eigenvalue weighted by Crippen LogP contribution is 2.14. The first-order valence-electron chi connectivity index (χ1n) is 13.6. The second-order valence-corrected chi connectivity index (χ2v) is 10.6. The number of alkyl halides is 2. The quantitative estimate of drug-likeness (QED) is 0.0567. The summed E-state index contributed by atoms with van der Waals surface area (Å²) in [6, 6.07) is 0. The Morgan fingerprint density at radius 1 is 0.394 bits per heavy atom. The number of rotatable bonds is 26. The van der Waals surface area contributed by atoms with Gasteiger partial charge in [0.15, 0.2) is 0 Å². The Morgan fingerprint density at radius 2 is 0.636 bits per heavy atom. The summed E-state index contributed by atoms with van der Waals surface area (Å²) in [5.41, 5.74) is 0. The summed E-state index contributed by atoms with van der Waals surface area (Å²) in [4.78, 5) is 22.8. The van der Waals surface area contributed by atoms with Crippen molar-refractivity contribution in [1.82, 2.24) is 0 Å². The normalized spacial score (nSPS) is 11.0. The number of hydrogen-bond acceptors (Lipinski definition) is 4. The molecule has 0 radical (unpaired) electrons. The molecule has 0 saturated carbocycles. The van der Waals surface area contributed by atoms with E-state index in [1.165, 1.54) is 96.3 Å². The van der Waals surface area contributed by atoms with Gasteiger partial charge >= 0.3 is 11.9 Å². The number of unbranched alkanes of at least 4 members (excludes halogenated alkanes) is 16. The standard InChI is InChI=1S/C27H50Br2O4/c28-22-18-20-26(30)32-24-16-14-12-10-8-6-4-2-1-3-5-7-9-11-13-15-17-25-33-27(31)21-19-23-29/h1-25H2. The molecule has 0 aliphatic heterocycles. The van der Waals surface area contributed by atoms with Gasteiger partial charge in [-0.15, -0.1) is 0 Å². The lowest BCUT2D eigenvalue weighted by atomic mass is 10.0. The van der Waals surface area contributed by atoms with Crippen LogP contribution in [0, 0.1) is 0 Å². The summed E-state index contributed by atoms with van der Waals surface area (Å²) < 4.78 is 10.4. The summed E-state index contributed by atoms with van der Waals surface area (Å²) >= 11 is 6.65. The molecular formula is C27H50Br2O4. The topological polar surface area (TPSA) is 52.6 Å². The highest BCUT2D eigenvalue weighted by atomic mass is 79.9. The first-order valence-corrected chi connectivity index (χ1v) is 15.9. The van der Waals surface area contributed by atoms with E-state index in [9.17, 15) is 9.59 Å². The SMILES string of the molecule is O=C(CCCBr)OCCCCCCCCCCCCCCCCCCCOC(=O)CCCBr. The van der Waals surface area contributed by atoms with Crippen LogP contribution in [0.4, 0.5) is 0 Å². The summed E-state index contributed by atoms with van der Waals surface area (Å²) in [6.07, 6.45) is 24.7. The zero-order valence-corrected chi connectivity index (χ0v) is 24.2. The van der Waals surface area contributed by atoms with E-state index in [0.717, 1.165) is 36.3 Å². The summed E-state index contributed by atoms with van der Waals surface area (Å²) in [5.74, 6) is -0.107. The van der Waals surface area contributed by atoms with Gasteiger partial charge in [-0.25, -0.2) is 0 Å². The van der Waals surface area contributed by atoms with Gasteiger partial charge in [0.2, 0.25) is 0 Å². The molecule has 33 heavy (non-hydrogen) atoms. The molecule has 0 rings (SSSR count). The molecule has 0 aromatic rings. The molecule has 0 unspecified atom stereocenters. The fraction of sp³-hybridized carbons (Fsp3) is 0.926. The number of esters is 2. The molecule has 0 aromatic carbocycles. The summed E-state index contributed by atoms with van der Waals surface area (Å²) in [7, 11) is 0. The Kier molecular flexibility index (Phi) is 28.1. The lowest BCUT2D eigenvalue weighted by Gasteiger charge is -2.05. The van der Waals surface area contributed by atoms with Crippen LogP contribution in [-0.2, 0) is 19.1 Å². The minimum Gasteiger partial charge on any atom is -0.466 e. The molecule has 0 aliphatic carbocycles. The van der Waals surface area contributed by atoms with Crippen LogP contribution in [0.25, 0.3) is 0 Å². The van der Waals surface area contributed by atoms with Gasteiger partial charge in [0.1, 0.15) is 0 Å². The predicted octanol–water partition coefficient (Wildman–Crippen LogP) is 9.05. The third-order valence-corrected chi connectivity index (χ3v) is 6.97. The van der Waals surface area contributed by atoms with Crippen molar-refractivity contribution in [1.29, 1.82) is 0 Å². The third-order valence-electron chi connectivity index (χ3n) is 5.84. The number of carbonyl (C=O) groups excluding carboxylic acids is 2. The van der Waals surface area contributed by atoms with Gasteiger partial charge in [-0.2, -0.15) is 0 Å². The van der Waals surface area contributed by atoms with E-state index in [-0.39, 0.29) is 11.9 Å². The Morgan fingerprint density at radius 3 is 0.879 bits per heavy atom. The lowest BCUT2D eigenvalue weighted by molar-refractivity contribution is -0.144. The van der Waals surface area contributed by atoms with Crippen LogP contribution in [0.1, 0.15) is 135 Å². The molecule has 0 bridgehead atoms. The lowest BCUT2D eigenvalue weighted by Crippen LogP contribution is -2.05. The predicted molar refractivity (Wildman–Crippen MR) is 146 cm³/mol. The van der Waals surface area contributed by atoms with Gasteiger partial charge < -0.3 is 9.47 Å². The van der Waals surface area contributed by atoms with Crippen LogP contribution in [0.3, 0.4) is 0 Å². The molecule has 0 aliphatic rings. The molecule has 6 heteroatoms. The Hall–Kier alpha value is -0.100. The van der Waals surface area contributed by atoms with Gasteiger partial charge in [-0.05, 0) is 25.7 Å². The fourth-order valence-corrected chi connectivity index (χ4v) is 4.36. The number of hydrogen-bond donors (Lipinski definition) is 0. The Balaban J connectivity index is 3.10. The maximum atomic E-state index is 11.4. The van der Waals surface area contributed by atoms with Crippen molar-refractivity contribution in [3.63, 3.8) is 0 Å². The van der Waals surface area contributed by atoms with Crippen molar-refractivity contribution in [3.05, 3.63) is 0 Å². The maximum absolute atomic E-state index is 11.4. The molecule has 4 nitrogen and oxygen atoms in total. The van der Waals surface area contributed by atoms with Crippen molar-refractivity contribution >= 4 is 43.8 Å². The van der Waals surface area contributed by atoms with Gasteiger partial charge in [-0.3, -0.25) is 9.59 Å². The van der Waals surface area contributed by atoms with Crippen LogP contribution < -0.4 is 0 Å². The van der Waals surface area contributed by atoms with Gasteiger partial charge in [-0.1, -0.05) is 128 Å². The minimum absolute atomic E-state index is 0.0534. The van der Waals surface area contributed by atoms with Crippen molar-refractivity contribution in [2.24, 2.45) is 0 Å². The molecular weight excluding hydrogens is 548 g/mol. The number of carbonyl (C=O) groups is 2. The van der Waals surface area contributed by atoms with Crippen molar-refractivity contribution in [2.45, 2.75) is 135 Å². The zero-order valence-electron chi connectivity index (χ0n) is 21.1. The van der Waals surface area contributed by atoms with Crippen molar-refractivity contribution in [2.75, 3.05) is 23.9 Å². The van der Waals surface area contributed by atoms with Crippen LogP contribution in [0.2, 0.25) is 0 Å².